The van der Waals surface area contributed by atoms with Gasteiger partial charge in [0.1, 0.15) is 0 Å². The van der Waals surface area contributed by atoms with Gasteiger partial charge in [0, 0.05) is 6.42 Å². The summed E-state index contributed by atoms with van der Waals surface area (Å²) in [6.07, 6.45) is 0.472. The largest absolute Gasteiger partial charge is 0.475 e. The zero-order valence-electron chi connectivity index (χ0n) is 11.4. The van der Waals surface area contributed by atoms with Crippen LogP contribution in [0.3, 0.4) is 0 Å². The number of carbonyl (C=O) groups excluding carboxylic acids is 1. The number of aliphatic carboxylic acids is 1. The summed E-state index contributed by atoms with van der Waals surface area (Å²) in [6.45, 7) is 10.0. The highest BCUT2D eigenvalue weighted by Gasteiger charge is 2.35. The summed E-state index contributed by atoms with van der Waals surface area (Å²) in [4.78, 5) is 21.5. The van der Waals surface area contributed by atoms with Gasteiger partial charge >= 0.3 is 5.97 Å². The van der Waals surface area contributed by atoms with Crippen LogP contribution in [-0.4, -0.2) is 28.1 Å². The minimum Gasteiger partial charge on any atom is -0.475 e. The molecule has 1 atom stereocenters. The van der Waals surface area contributed by atoms with Gasteiger partial charge in [-0.05, 0) is 17.3 Å². The lowest BCUT2D eigenvalue weighted by molar-refractivity contribution is -0.151. The van der Waals surface area contributed by atoms with E-state index in [-0.39, 0.29) is 11.8 Å². The van der Waals surface area contributed by atoms with Crippen LogP contribution in [0.25, 0.3) is 0 Å². The molecule has 0 aromatic heterocycles. The second-order valence-corrected chi connectivity index (χ2v) is 6.13. The van der Waals surface area contributed by atoms with Gasteiger partial charge in [-0.1, -0.05) is 41.0 Å². The highest BCUT2D eigenvalue weighted by Crippen LogP contribution is 2.39. The van der Waals surface area contributed by atoms with E-state index in [1.807, 2.05) is 13.8 Å². The van der Waals surface area contributed by atoms with E-state index in [0.717, 1.165) is 12.8 Å². The van der Waals surface area contributed by atoms with Crippen LogP contribution in [0.2, 0.25) is 0 Å². The van der Waals surface area contributed by atoms with Crippen LogP contribution in [-0.2, 0) is 9.59 Å². The molecule has 0 bridgehead atoms. The summed E-state index contributed by atoms with van der Waals surface area (Å²) in [5, 5.41) is 18.5. The van der Waals surface area contributed by atoms with Gasteiger partial charge in [0.25, 0.3) is 0 Å². The summed E-state index contributed by atoms with van der Waals surface area (Å²) >= 11 is 0. The molecule has 0 heterocycles. The maximum absolute atomic E-state index is 11.1. The Labute approximate surface area is 103 Å². The molecule has 1 unspecified atom stereocenters. The number of ketones is 1. The number of carboxylic acids is 1. The molecule has 0 aromatic carbocycles. The fourth-order valence-corrected chi connectivity index (χ4v) is 2.02. The standard InChI is InChI=1S/C13H24O4/c1-6-12(2,3)8-13(4,5)10(15)7-9(14)11(16)17/h10,15H,6-8H2,1-5H3,(H,16,17). The van der Waals surface area contributed by atoms with E-state index in [1.165, 1.54) is 0 Å². The third-order valence-electron chi connectivity index (χ3n) is 3.41. The molecule has 0 aliphatic rings. The molecule has 0 aromatic rings. The number of aliphatic hydroxyl groups is 1. The Hall–Kier alpha value is -0.900. The zero-order chi connectivity index (χ0) is 13.9. The number of carbonyl (C=O) groups is 2. The summed E-state index contributed by atoms with van der Waals surface area (Å²) in [5.41, 5.74) is -0.401. The SMILES string of the molecule is CCC(C)(C)CC(C)(C)C(O)CC(=O)C(=O)O. The van der Waals surface area contributed by atoms with Crippen molar-refractivity contribution in [1.82, 2.24) is 0 Å². The lowest BCUT2D eigenvalue weighted by atomic mass is 9.70. The second-order valence-electron chi connectivity index (χ2n) is 6.13. The van der Waals surface area contributed by atoms with E-state index < -0.39 is 23.3 Å². The van der Waals surface area contributed by atoms with Crippen molar-refractivity contribution >= 4 is 11.8 Å². The van der Waals surface area contributed by atoms with Crippen LogP contribution in [0, 0.1) is 10.8 Å². The number of hydrogen-bond donors (Lipinski definition) is 2. The smallest absolute Gasteiger partial charge is 0.372 e. The molecule has 0 aliphatic carbocycles. The fourth-order valence-electron chi connectivity index (χ4n) is 2.02. The first kappa shape index (κ1) is 16.1. The van der Waals surface area contributed by atoms with Crippen molar-refractivity contribution in [3.05, 3.63) is 0 Å². The molecule has 2 N–H and O–H groups in total. The second kappa shape index (κ2) is 5.63. The van der Waals surface area contributed by atoms with Crippen LogP contribution in [0.4, 0.5) is 0 Å². The molecule has 17 heavy (non-hydrogen) atoms. The summed E-state index contributed by atoms with van der Waals surface area (Å²) < 4.78 is 0. The molecule has 0 fully saturated rings. The molecule has 0 radical (unpaired) electrons. The normalized spacial score (nSPS) is 14.5. The Morgan fingerprint density at radius 2 is 1.65 bits per heavy atom. The van der Waals surface area contributed by atoms with Crippen molar-refractivity contribution in [2.75, 3.05) is 0 Å². The van der Waals surface area contributed by atoms with Crippen molar-refractivity contribution in [3.8, 4) is 0 Å². The van der Waals surface area contributed by atoms with E-state index in [4.69, 9.17) is 5.11 Å². The first-order chi connectivity index (χ1) is 7.52. The molecular formula is C13H24O4. The maximum Gasteiger partial charge on any atom is 0.372 e. The van der Waals surface area contributed by atoms with Crippen LogP contribution in [0.15, 0.2) is 0 Å². The van der Waals surface area contributed by atoms with E-state index in [9.17, 15) is 14.7 Å². The predicted molar refractivity (Wildman–Crippen MR) is 65.7 cm³/mol. The first-order valence-electron chi connectivity index (χ1n) is 5.96. The number of Topliss-reactive ketones (excluding diaryl/α,β-unsaturated/α-hetero) is 1. The summed E-state index contributed by atoms with van der Waals surface area (Å²) in [6, 6.07) is 0. The van der Waals surface area contributed by atoms with Crippen molar-refractivity contribution in [3.63, 3.8) is 0 Å². The quantitative estimate of drug-likeness (QED) is 0.673. The molecule has 0 aliphatic heterocycles. The van der Waals surface area contributed by atoms with Crippen molar-refractivity contribution in [2.45, 2.75) is 60.0 Å². The number of rotatable bonds is 7. The highest BCUT2D eigenvalue weighted by atomic mass is 16.4. The topological polar surface area (TPSA) is 74.6 Å². The number of aliphatic hydroxyl groups excluding tert-OH is 1. The molecule has 0 saturated heterocycles. The number of carboxylic acid groups (broad SMARTS) is 1. The molecule has 0 spiro atoms. The molecule has 4 nitrogen and oxygen atoms in total. The van der Waals surface area contributed by atoms with E-state index in [0.29, 0.717) is 0 Å². The van der Waals surface area contributed by atoms with Crippen molar-refractivity contribution in [2.24, 2.45) is 10.8 Å². The Morgan fingerprint density at radius 1 is 1.18 bits per heavy atom. The van der Waals surface area contributed by atoms with Crippen LogP contribution < -0.4 is 0 Å². The summed E-state index contributed by atoms with van der Waals surface area (Å²) in [7, 11) is 0. The minimum atomic E-state index is -1.48. The van der Waals surface area contributed by atoms with Gasteiger partial charge < -0.3 is 10.2 Å². The van der Waals surface area contributed by atoms with Crippen LogP contribution in [0.5, 0.6) is 0 Å². The zero-order valence-corrected chi connectivity index (χ0v) is 11.4. The van der Waals surface area contributed by atoms with Gasteiger partial charge in [-0.2, -0.15) is 0 Å². The van der Waals surface area contributed by atoms with Gasteiger partial charge in [0.15, 0.2) is 0 Å². The third-order valence-corrected chi connectivity index (χ3v) is 3.41. The average Bonchev–Trinajstić information content (AvgIpc) is 2.15. The Morgan fingerprint density at radius 3 is 2.00 bits per heavy atom. The predicted octanol–water partition coefficient (Wildman–Crippen LogP) is 2.24. The van der Waals surface area contributed by atoms with E-state index >= 15 is 0 Å². The fraction of sp³-hybridized carbons (Fsp3) is 0.846. The van der Waals surface area contributed by atoms with Crippen LogP contribution >= 0.6 is 0 Å². The Kier molecular flexibility index (Phi) is 5.33. The monoisotopic (exact) mass is 244 g/mol. The highest BCUT2D eigenvalue weighted by molar-refractivity contribution is 6.32. The van der Waals surface area contributed by atoms with Gasteiger partial charge in [-0.3, -0.25) is 4.79 Å². The molecule has 0 rings (SSSR count). The van der Waals surface area contributed by atoms with Gasteiger partial charge in [-0.15, -0.1) is 0 Å². The molecule has 4 heteroatoms. The first-order valence-corrected chi connectivity index (χ1v) is 5.96. The van der Waals surface area contributed by atoms with Gasteiger partial charge in [-0.25, -0.2) is 4.79 Å². The third kappa shape index (κ3) is 5.31. The molecule has 100 valence electrons. The Bertz CT molecular complexity index is 292. The Balaban J connectivity index is 4.60. The van der Waals surface area contributed by atoms with E-state index in [1.54, 1.807) is 0 Å². The minimum absolute atomic E-state index is 0.0662. The van der Waals surface area contributed by atoms with E-state index in [2.05, 4.69) is 20.8 Å². The molecule has 0 saturated carbocycles. The molecular weight excluding hydrogens is 220 g/mol. The average molecular weight is 244 g/mol. The van der Waals surface area contributed by atoms with Gasteiger partial charge in [0.05, 0.1) is 6.10 Å². The number of hydrogen-bond acceptors (Lipinski definition) is 3. The van der Waals surface area contributed by atoms with Crippen molar-refractivity contribution < 1.29 is 19.8 Å². The summed E-state index contributed by atoms with van der Waals surface area (Å²) in [5.74, 6) is -2.41. The maximum atomic E-state index is 11.1. The van der Waals surface area contributed by atoms with Crippen LogP contribution in [0.1, 0.15) is 53.9 Å². The lowest BCUT2D eigenvalue weighted by Crippen LogP contribution is -2.36. The molecule has 0 amide bonds. The van der Waals surface area contributed by atoms with Crippen molar-refractivity contribution in [1.29, 1.82) is 0 Å². The lowest BCUT2D eigenvalue weighted by Gasteiger charge is -2.37. The van der Waals surface area contributed by atoms with Gasteiger partial charge in [0.2, 0.25) is 5.78 Å².